The maximum Gasteiger partial charge on any atom is 0.150 e. The van der Waals surface area contributed by atoms with Crippen molar-refractivity contribution in [2.24, 2.45) is 5.92 Å². The first-order chi connectivity index (χ1) is 9.62. The van der Waals surface area contributed by atoms with Crippen LogP contribution in [-0.2, 0) is 19.4 Å². The van der Waals surface area contributed by atoms with Crippen LogP contribution in [0.4, 0.5) is 0 Å². The van der Waals surface area contributed by atoms with Gasteiger partial charge in [-0.1, -0.05) is 20.8 Å². The Labute approximate surface area is 122 Å². The maximum atomic E-state index is 10.3. The quantitative estimate of drug-likeness (QED) is 0.858. The minimum atomic E-state index is -0.361. The van der Waals surface area contributed by atoms with Crippen molar-refractivity contribution >= 4 is 0 Å². The molecule has 5 nitrogen and oxygen atoms in total. The SMILES string of the molecule is CCc1nc(CC)n(CC(O)CN2CCC(C)CC2)n1. The number of hydrogen-bond acceptors (Lipinski definition) is 4. The average molecular weight is 280 g/mol. The van der Waals surface area contributed by atoms with Crippen molar-refractivity contribution in [3.63, 3.8) is 0 Å². The molecule has 2 heterocycles. The molecule has 0 amide bonds. The van der Waals surface area contributed by atoms with Gasteiger partial charge in [-0.25, -0.2) is 9.67 Å². The molecule has 1 atom stereocenters. The molecular weight excluding hydrogens is 252 g/mol. The summed E-state index contributed by atoms with van der Waals surface area (Å²) in [6.07, 6.45) is 3.84. The van der Waals surface area contributed by atoms with E-state index in [0.29, 0.717) is 6.54 Å². The Morgan fingerprint density at radius 2 is 1.90 bits per heavy atom. The lowest BCUT2D eigenvalue weighted by Gasteiger charge is -2.31. The van der Waals surface area contributed by atoms with E-state index in [-0.39, 0.29) is 6.10 Å². The Balaban J connectivity index is 1.87. The Morgan fingerprint density at radius 1 is 1.20 bits per heavy atom. The van der Waals surface area contributed by atoms with E-state index in [1.807, 2.05) is 4.68 Å². The molecular formula is C15H28N4O. The molecule has 0 radical (unpaired) electrons. The second kappa shape index (κ2) is 7.18. The van der Waals surface area contributed by atoms with E-state index >= 15 is 0 Å². The van der Waals surface area contributed by atoms with E-state index in [2.05, 4.69) is 35.8 Å². The summed E-state index contributed by atoms with van der Waals surface area (Å²) in [6.45, 7) is 9.97. The molecule has 0 spiro atoms. The molecule has 1 aliphatic rings. The molecule has 1 fully saturated rings. The molecule has 0 aliphatic carbocycles. The number of aliphatic hydroxyl groups is 1. The van der Waals surface area contributed by atoms with Gasteiger partial charge >= 0.3 is 0 Å². The molecule has 1 aromatic rings. The second-order valence-electron chi connectivity index (χ2n) is 5.97. The molecule has 0 saturated carbocycles. The summed E-state index contributed by atoms with van der Waals surface area (Å²) in [5.41, 5.74) is 0. The van der Waals surface area contributed by atoms with Gasteiger partial charge in [-0.2, -0.15) is 5.10 Å². The van der Waals surface area contributed by atoms with Gasteiger partial charge in [-0.15, -0.1) is 0 Å². The number of rotatable bonds is 6. The van der Waals surface area contributed by atoms with Crippen LogP contribution >= 0.6 is 0 Å². The summed E-state index contributed by atoms with van der Waals surface area (Å²) in [5.74, 6) is 2.69. The van der Waals surface area contributed by atoms with Gasteiger partial charge in [0.1, 0.15) is 5.82 Å². The van der Waals surface area contributed by atoms with Crippen LogP contribution in [0.25, 0.3) is 0 Å². The van der Waals surface area contributed by atoms with Crippen molar-refractivity contribution in [2.45, 2.75) is 59.1 Å². The number of hydrogen-bond donors (Lipinski definition) is 1. The van der Waals surface area contributed by atoms with Crippen LogP contribution < -0.4 is 0 Å². The van der Waals surface area contributed by atoms with Crippen LogP contribution in [0.5, 0.6) is 0 Å². The second-order valence-corrected chi connectivity index (χ2v) is 5.97. The fourth-order valence-electron chi connectivity index (χ4n) is 2.78. The van der Waals surface area contributed by atoms with Gasteiger partial charge < -0.3 is 10.0 Å². The molecule has 1 unspecified atom stereocenters. The van der Waals surface area contributed by atoms with Gasteiger partial charge in [0.25, 0.3) is 0 Å². The number of likely N-dealkylation sites (tertiary alicyclic amines) is 1. The summed E-state index contributed by atoms with van der Waals surface area (Å²) in [6, 6.07) is 0. The van der Waals surface area contributed by atoms with Gasteiger partial charge in [0.15, 0.2) is 5.82 Å². The highest BCUT2D eigenvalue weighted by atomic mass is 16.3. The largest absolute Gasteiger partial charge is 0.390 e. The molecule has 5 heteroatoms. The average Bonchev–Trinajstić information content (AvgIpc) is 2.83. The highest BCUT2D eigenvalue weighted by Gasteiger charge is 2.19. The van der Waals surface area contributed by atoms with Crippen LogP contribution in [0.2, 0.25) is 0 Å². The monoisotopic (exact) mass is 280 g/mol. The fraction of sp³-hybridized carbons (Fsp3) is 0.867. The van der Waals surface area contributed by atoms with E-state index in [1.54, 1.807) is 0 Å². The minimum Gasteiger partial charge on any atom is -0.390 e. The van der Waals surface area contributed by atoms with Crippen molar-refractivity contribution in [1.82, 2.24) is 19.7 Å². The number of aryl methyl sites for hydroxylation is 2. The number of nitrogens with zero attached hydrogens (tertiary/aromatic N) is 4. The third kappa shape index (κ3) is 4.03. The van der Waals surface area contributed by atoms with Gasteiger partial charge in [-0.3, -0.25) is 0 Å². The number of β-amino-alcohol motifs (C(OH)–C–C–N with tert-alkyl or cyclic N) is 1. The van der Waals surface area contributed by atoms with Crippen molar-refractivity contribution < 1.29 is 5.11 Å². The molecule has 1 saturated heterocycles. The highest BCUT2D eigenvalue weighted by Crippen LogP contribution is 2.16. The summed E-state index contributed by atoms with van der Waals surface area (Å²) in [4.78, 5) is 6.85. The van der Waals surface area contributed by atoms with E-state index in [0.717, 1.165) is 50.0 Å². The Kier molecular flexibility index (Phi) is 5.54. The van der Waals surface area contributed by atoms with E-state index in [9.17, 15) is 5.11 Å². The number of aliphatic hydroxyl groups excluding tert-OH is 1. The third-order valence-corrected chi connectivity index (χ3v) is 4.15. The van der Waals surface area contributed by atoms with Gasteiger partial charge in [0.2, 0.25) is 0 Å². The zero-order valence-corrected chi connectivity index (χ0v) is 13.0. The zero-order valence-electron chi connectivity index (χ0n) is 13.0. The molecule has 1 N–H and O–H groups in total. The molecule has 2 rings (SSSR count). The summed E-state index contributed by atoms with van der Waals surface area (Å²) < 4.78 is 1.88. The summed E-state index contributed by atoms with van der Waals surface area (Å²) in [7, 11) is 0. The normalized spacial score (nSPS) is 19.4. The van der Waals surface area contributed by atoms with E-state index in [1.165, 1.54) is 12.8 Å². The molecule has 0 aromatic carbocycles. The van der Waals surface area contributed by atoms with E-state index < -0.39 is 0 Å². The fourth-order valence-corrected chi connectivity index (χ4v) is 2.78. The molecule has 114 valence electrons. The third-order valence-electron chi connectivity index (χ3n) is 4.15. The van der Waals surface area contributed by atoms with E-state index in [4.69, 9.17) is 0 Å². The number of piperidine rings is 1. The zero-order chi connectivity index (χ0) is 14.5. The Bertz CT molecular complexity index is 410. The molecule has 0 bridgehead atoms. The standard InChI is InChI=1S/C15H28N4O/c1-4-14-16-15(5-2)19(17-14)11-13(20)10-18-8-6-12(3)7-9-18/h12-13,20H,4-11H2,1-3H3. The van der Waals surface area contributed by atoms with Crippen LogP contribution in [0.15, 0.2) is 0 Å². The van der Waals surface area contributed by atoms with Crippen molar-refractivity contribution in [3.8, 4) is 0 Å². The first kappa shape index (κ1) is 15.4. The molecule has 1 aromatic heterocycles. The first-order valence-electron chi connectivity index (χ1n) is 7.95. The lowest BCUT2D eigenvalue weighted by Crippen LogP contribution is -2.40. The lowest BCUT2D eigenvalue weighted by atomic mass is 9.99. The number of aromatic nitrogens is 3. The van der Waals surface area contributed by atoms with Crippen molar-refractivity contribution in [1.29, 1.82) is 0 Å². The van der Waals surface area contributed by atoms with Crippen LogP contribution in [0.3, 0.4) is 0 Å². The minimum absolute atomic E-state index is 0.361. The van der Waals surface area contributed by atoms with Gasteiger partial charge in [0.05, 0.1) is 12.6 Å². The van der Waals surface area contributed by atoms with Crippen molar-refractivity contribution in [2.75, 3.05) is 19.6 Å². The molecule has 1 aliphatic heterocycles. The van der Waals surface area contributed by atoms with Crippen LogP contribution in [0.1, 0.15) is 45.3 Å². The summed E-state index contributed by atoms with van der Waals surface area (Å²) >= 11 is 0. The summed E-state index contributed by atoms with van der Waals surface area (Å²) in [5, 5.41) is 14.8. The molecule has 20 heavy (non-hydrogen) atoms. The van der Waals surface area contributed by atoms with Crippen LogP contribution in [-0.4, -0.2) is 50.5 Å². The van der Waals surface area contributed by atoms with Crippen molar-refractivity contribution in [3.05, 3.63) is 11.6 Å². The Hall–Kier alpha value is -0.940. The predicted octanol–water partition coefficient (Wildman–Crippen LogP) is 1.50. The smallest absolute Gasteiger partial charge is 0.150 e. The van der Waals surface area contributed by atoms with Gasteiger partial charge in [0, 0.05) is 19.4 Å². The lowest BCUT2D eigenvalue weighted by molar-refractivity contribution is 0.0770. The Morgan fingerprint density at radius 3 is 2.50 bits per heavy atom. The highest BCUT2D eigenvalue weighted by molar-refractivity contribution is 4.93. The maximum absolute atomic E-state index is 10.3. The predicted molar refractivity (Wildman–Crippen MR) is 79.6 cm³/mol. The first-order valence-corrected chi connectivity index (χ1v) is 7.95. The van der Waals surface area contributed by atoms with Gasteiger partial charge in [-0.05, 0) is 31.8 Å². The topological polar surface area (TPSA) is 54.2 Å². The van der Waals surface area contributed by atoms with Crippen LogP contribution in [0, 0.1) is 5.92 Å².